The number of imide groups is 1. The zero-order valence-corrected chi connectivity index (χ0v) is 27.7. The molecule has 0 spiro atoms. The Kier molecular flexibility index (Phi) is 11.7. The molecule has 0 saturated carbocycles. The van der Waals surface area contributed by atoms with E-state index < -0.39 is 23.9 Å². The summed E-state index contributed by atoms with van der Waals surface area (Å²) in [6.45, 7) is 4.43. The second-order valence-electron chi connectivity index (χ2n) is 13.0. The summed E-state index contributed by atoms with van der Waals surface area (Å²) in [6, 6.07) is 15.0. The maximum Gasteiger partial charge on any atom is 0.234 e. The maximum absolute atomic E-state index is 14.0. The molecule has 4 atom stereocenters. The van der Waals surface area contributed by atoms with Crippen LogP contribution in [-0.4, -0.2) is 82.5 Å². The fourth-order valence-corrected chi connectivity index (χ4v) is 7.98. The highest BCUT2D eigenvalue weighted by atomic mass is 35.5. The van der Waals surface area contributed by atoms with Gasteiger partial charge in [-0.05, 0) is 79.0 Å². The molecule has 2 saturated heterocycles. The van der Waals surface area contributed by atoms with Gasteiger partial charge in [0.15, 0.2) is 0 Å². The molecular weight excluding hydrogens is 604 g/mol. The van der Waals surface area contributed by atoms with Crippen LogP contribution < -0.4 is 0 Å². The van der Waals surface area contributed by atoms with Gasteiger partial charge in [-0.2, -0.15) is 0 Å². The maximum atomic E-state index is 14.0. The minimum Gasteiger partial charge on any atom is -0.508 e. The first-order valence-corrected chi connectivity index (χ1v) is 16.9. The van der Waals surface area contributed by atoms with Gasteiger partial charge in [0.05, 0.1) is 36.2 Å². The van der Waals surface area contributed by atoms with Crippen molar-refractivity contribution in [3.05, 3.63) is 81.4 Å². The molecule has 2 aromatic carbocycles. The third-order valence-corrected chi connectivity index (χ3v) is 10.2. The van der Waals surface area contributed by atoms with Gasteiger partial charge in [0.2, 0.25) is 11.8 Å². The number of benzene rings is 2. The number of likely N-dealkylation sites (tertiary alicyclic amines) is 2. The number of rotatable bonds is 13. The van der Waals surface area contributed by atoms with E-state index in [-0.39, 0.29) is 36.8 Å². The van der Waals surface area contributed by atoms with Crippen molar-refractivity contribution in [1.82, 2.24) is 9.80 Å². The molecule has 2 fully saturated rings. The van der Waals surface area contributed by atoms with Crippen molar-refractivity contribution in [3.63, 3.8) is 0 Å². The molecule has 5 rings (SSSR count). The monoisotopic (exact) mass is 650 g/mol. The average molecular weight is 651 g/mol. The van der Waals surface area contributed by atoms with Gasteiger partial charge in [0.1, 0.15) is 5.75 Å². The molecule has 9 heteroatoms. The van der Waals surface area contributed by atoms with Gasteiger partial charge < -0.3 is 20.1 Å². The van der Waals surface area contributed by atoms with Crippen molar-refractivity contribution in [2.24, 2.45) is 17.8 Å². The van der Waals surface area contributed by atoms with E-state index in [2.05, 4.69) is 24.0 Å². The van der Waals surface area contributed by atoms with Crippen LogP contribution in [0.5, 0.6) is 5.75 Å². The van der Waals surface area contributed by atoms with Crippen LogP contribution in [0.2, 0.25) is 5.02 Å². The number of carbonyl (C=O) groups excluding carboxylic acids is 2. The Labute approximate surface area is 277 Å². The molecule has 3 N–H and O–H groups in total. The summed E-state index contributed by atoms with van der Waals surface area (Å²) in [4.78, 5) is 31.8. The molecular formula is C37H47ClN2O6. The van der Waals surface area contributed by atoms with Gasteiger partial charge in [-0.3, -0.25) is 19.4 Å². The molecule has 2 aromatic rings. The van der Waals surface area contributed by atoms with E-state index in [9.17, 15) is 24.9 Å². The molecule has 0 aromatic heterocycles. The highest BCUT2D eigenvalue weighted by Crippen LogP contribution is 2.47. The molecule has 8 nitrogen and oxygen atoms in total. The highest BCUT2D eigenvalue weighted by Gasteiger charge is 2.56. The second kappa shape index (κ2) is 15.7. The third-order valence-electron chi connectivity index (χ3n) is 9.92. The van der Waals surface area contributed by atoms with Crippen molar-refractivity contribution in [3.8, 4) is 5.75 Å². The van der Waals surface area contributed by atoms with Crippen molar-refractivity contribution in [2.45, 2.75) is 70.6 Å². The Morgan fingerprint density at radius 1 is 1.09 bits per heavy atom. The first kappa shape index (κ1) is 34.3. The standard InChI is InChI=1S/C37H47ClN2O6/c1-3-7-24(18-26-11-12-29(42)20-32(26)38)10-13-33(43)34-27(23-46-2)19-30-35(31(34)22-41)37(45)40(36(30)44)28-14-16-39(17-15-28)21-25-8-5-4-6-9-25/h4-6,8-9,11-12,18,20,28,30-31,33,35,41-43H,3,7,10,13-17,19,21-23H2,1-2H3/b24-18+/t30-,31+,33-,35-/m1/s1. The van der Waals surface area contributed by atoms with Crippen molar-refractivity contribution in [2.75, 3.05) is 33.4 Å². The molecule has 3 aliphatic rings. The fraction of sp³-hybridized carbons (Fsp3) is 0.514. The number of nitrogens with zero attached hydrogens (tertiary/aromatic N) is 2. The summed E-state index contributed by atoms with van der Waals surface area (Å²) in [7, 11) is 1.58. The number of allylic oxidation sites excluding steroid dienone is 1. The van der Waals surface area contributed by atoms with Crippen LogP contribution in [0.1, 0.15) is 63.0 Å². The van der Waals surface area contributed by atoms with E-state index in [1.807, 2.05) is 24.3 Å². The Hall–Kier alpha value is -3.01. The second-order valence-corrected chi connectivity index (χ2v) is 13.4. The minimum atomic E-state index is -0.906. The molecule has 1 aliphatic carbocycles. The average Bonchev–Trinajstić information content (AvgIpc) is 3.30. The molecule has 2 amide bonds. The van der Waals surface area contributed by atoms with Gasteiger partial charge >= 0.3 is 0 Å². The zero-order chi connectivity index (χ0) is 32.8. The van der Waals surface area contributed by atoms with Gasteiger partial charge in [-0.1, -0.05) is 66.9 Å². The Morgan fingerprint density at radius 2 is 1.83 bits per heavy atom. The number of ether oxygens (including phenoxy) is 1. The van der Waals surface area contributed by atoms with E-state index in [1.165, 1.54) is 16.5 Å². The number of aliphatic hydroxyl groups excluding tert-OH is 2. The van der Waals surface area contributed by atoms with Gasteiger partial charge in [-0.25, -0.2) is 0 Å². The molecule has 248 valence electrons. The van der Waals surface area contributed by atoms with E-state index in [1.54, 1.807) is 19.2 Å². The largest absolute Gasteiger partial charge is 0.508 e. The number of methoxy groups -OCH3 is 1. The van der Waals surface area contributed by atoms with E-state index in [0.717, 1.165) is 62.0 Å². The summed E-state index contributed by atoms with van der Waals surface area (Å²) in [5.74, 6) is -2.17. The third kappa shape index (κ3) is 7.58. The van der Waals surface area contributed by atoms with Crippen molar-refractivity contribution in [1.29, 1.82) is 0 Å². The van der Waals surface area contributed by atoms with Gasteiger partial charge in [0, 0.05) is 38.7 Å². The van der Waals surface area contributed by atoms with Crippen molar-refractivity contribution < 1.29 is 29.6 Å². The molecule has 0 unspecified atom stereocenters. The number of phenols is 1. The van der Waals surface area contributed by atoms with Crippen molar-refractivity contribution >= 4 is 29.5 Å². The first-order chi connectivity index (χ1) is 22.2. The summed E-state index contributed by atoms with van der Waals surface area (Å²) in [5, 5.41) is 32.6. The topological polar surface area (TPSA) is 111 Å². The number of aromatic hydroxyl groups is 1. The summed E-state index contributed by atoms with van der Waals surface area (Å²) in [5.41, 5.74) is 4.60. The highest BCUT2D eigenvalue weighted by molar-refractivity contribution is 6.32. The number of halogens is 1. The number of amides is 2. The van der Waals surface area contributed by atoms with Crippen LogP contribution in [0, 0.1) is 17.8 Å². The lowest BCUT2D eigenvalue weighted by molar-refractivity contribution is -0.144. The normalized spacial score (nSPS) is 23.7. The number of phenolic OH excluding ortho intramolecular Hbond substituents is 1. The van der Waals surface area contributed by atoms with E-state index >= 15 is 0 Å². The molecule has 0 bridgehead atoms. The summed E-state index contributed by atoms with van der Waals surface area (Å²) >= 11 is 6.37. The number of hydrogen-bond donors (Lipinski definition) is 3. The summed E-state index contributed by atoms with van der Waals surface area (Å²) in [6.07, 6.45) is 5.59. The zero-order valence-electron chi connectivity index (χ0n) is 26.9. The lowest BCUT2D eigenvalue weighted by Crippen LogP contribution is -2.47. The number of piperidine rings is 1. The lowest BCUT2D eigenvalue weighted by Gasteiger charge is -2.37. The van der Waals surface area contributed by atoms with Crippen LogP contribution >= 0.6 is 11.6 Å². The Morgan fingerprint density at radius 3 is 2.48 bits per heavy atom. The Balaban J connectivity index is 1.30. The Bertz CT molecular complexity index is 1430. The van der Waals surface area contributed by atoms with Crippen LogP contribution in [0.25, 0.3) is 6.08 Å². The quantitative estimate of drug-likeness (QED) is 0.191. The first-order valence-electron chi connectivity index (χ1n) is 16.6. The predicted molar refractivity (Wildman–Crippen MR) is 179 cm³/mol. The SMILES string of the molecule is CCC/C(=C\c1ccc(O)cc1Cl)CC[C@@H](O)C1=C(COC)C[C@H]2C(=O)N(C3CCN(Cc4ccccc4)CC3)C(=O)[C@H]2[C@H]1CO. The molecule has 0 radical (unpaired) electrons. The molecule has 46 heavy (non-hydrogen) atoms. The van der Waals surface area contributed by atoms with Gasteiger partial charge in [-0.15, -0.1) is 0 Å². The minimum absolute atomic E-state index is 0.102. The molecule has 2 heterocycles. The lowest BCUT2D eigenvalue weighted by atomic mass is 9.68. The van der Waals surface area contributed by atoms with Crippen LogP contribution in [0.4, 0.5) is 0 Å². The van der Waals surface area contributed by atoms with Gasteiger partial charge in [0.25, 0.3) is 0 Å². The predicted octanol–water partition coefficient (Wildman–Crippen LogP) is 5.59. The van der Waals surface area contributed by atoms with Crippen LogP contribution in [-0.2, 0) is 20.9 Å². The smallest absolute Gasteiger partial charge is 0.234 e. The number of aliphatic hydroxyl groups is 2. The van der Waals surface area contributed by atoms with Crippen LogP contribution in [0.3, 0.4) is 0 Å². The van der Waals surface area contributed by atoms with E-state index in [0.29, 0.717) is 29.9 Å². The fourth-order valence-electron chi connectivity index (χ4n) is 7.75. The van der Waals surface area contributed by atoms with E-state index in [4.69, 9.17) is 16.3 Å². The van der Waals surface area contributed by atoms with Crippen LogP contribution in [0.15, 0.2) is 65.3 Å². The number of fused-ring (bicyclic) bond motifs is 1. The number of hydrogen-bond acceptors (Lipinski definition) is 7. The number of carbonyl (C=O) groups is 2. The molecule has 2 aliphatic heterocycles. The summed E-state index contributed by atoms with van der Waals surface area (Å²) < 4.78 is 5.52.